The van der Waals surface area contributed by atoms with Crippen LogP contribution in [0.15, 0.2) is 24.4 Å². The van der Waals surface area contributed by atoms with Crippen LogP contribution < -0.4 is 10.1 Å². The zero-order valence-electron chi connectivity index (χ0n) is 11.4. The molecule has 0 atom stereocenters. The highest BCUT2D eigenvalue weighted by atomic mass is 16.6. The van der Waals surface area contributed by atoms with Gasteiger partial charge in [-0.1, -0.05) is 5.21 Å². The number of methoxy groups -OCH3 is 1. The van der Waals surface area contributed by atoms with Crippen LogP contribution in [0.3, 0.4) is 0 Å². The Morgan fingerprint density at radius 1 is 1.52 bits per heavy atom. The molecule has 0 aliphatic carbocycles. The Balaban J connectivity index is 2.10. The van der Waals surface area contributed by atoms with E-state index in [1.165, 1.54) is 30.0 Å². The number of aliphatic hydroxyl groups excluding tert-OH is 1. The maximum absolute atomic E-state index is 10.8. The molecular weight excluding hydrogens is 278 g/mol. The van der Waals surface area contributed by atoms with Crippen LogP contribution in [0, 0.1) is 10.1 Å². The number of aromatic nitrogens is 3. The van der Waals surface area contributed by atoms with E-state index in [-0.39, 0.29) is 12.3 Å². The van der Waals surface area contributed by atoms with Gasteiger partial charge in [-0.2, -0.15) is 0 Å². The number of nitrogens with zero attached hydrogens (tertiary/aromatic N) is 4. The van der Waals surface area contributed by atoms with Gasteiger partial charge in [-0.15, -0.1) is 5.10 Å². The smallest absolute Gasteiger partial charge is 0.271 e. The summed E-state index contributed by atoms with van der Waals surface area (Å²) >= 11 is 0. The standard InChI is InChI=1S/C12H15N5O4/c1-21-12-3-2-10(17(19)20)6-11(12)13-7-9-8-16(4-5-18)15-14-9/h2-3,6,8,13,18H,4-5,7H2,1H3. The average Bonchev–Trinajstić information content (AvgIpc) is 2.92. The van der Waals surface area contributed by atoms with Gasteiger partial charge in [0.15, 0.2) is 0 Å². The Bertz CT molecular complexity index is 628. The normalized spacial score (nSPS) is 10.4. The second-order valence-electron chi connectivity index (χ2n) is 4.19. The Morgan fingerprint density at radius 3 is 3.00 bits per heavy atom. The summed E-state index contributed by atoms with van der Waals surface area (Å²) in [5, 5.41) is 30.4. The van der Waals surface area contributed by atoms with Crippen LogP contribution >= 0.6 is 0 Å². The summed E-state index contributed by atoms with van der Waals surface area (Å²) in [5.74, 6) is 0.503. The number of aliphatic hydroxyl groups is 1. The number of nitrogens with one attached hydrogen (secondary N) is 1. The van der Waals surface area contributed by atoms with Crippen LogP contribution in [-0.2, 0) is 13.1 Å². The lowest BCUT2D eigenvalue weighted by atomic mass is 10.2. The Kier molecular flexibility index (Phi) is 4.67. The van der Waals surface area contributed by atoms with E-state index >= 15 is 0 Å². The molecule has 9 nitrogen and oxygen atoms in total. The highest BCUT2D eigenvalue weighted by Crippen LogP contribution is 2.29. The van der Waals surface area contributed by atoms with Gasteiger partial charge in [0, 0.05) is 12.1 Å². The van der Waals surface area contributed by atoms with Gasteiger partial charge in [-0.25, -0.2) is 4.68 Å². The van der Waals surface area contributed by atoms with E-state index in [9.17, 15) is 10.1 Å². The molecule has 1 aromatic heterocycles. The molecule has 0 saturated heterocycles. The van der Waals surface area contributed by atoms with Gasteiger partial charge in [-0.05, 0) is 6.07 Å². The largest absolute Gasteiger partial charge is 0.495 e. The molecule has 0 amide bonds. The Hall–Kier alpha value is -2.68. The number of nitro groups is 1. The monoisotopic (exact) mass is 293 g/mol. The number of anilines is 1. The number of hydrogen-bond acceptors (Lipinski definition) is 7. The quantitative estimate of drug-likeness (QED) is 0.573. The molecule has 0 aliphatic heterocycles. The van der Waals surface area contributed by atoms with Gasteiger partial charge in [0.05, 0.1) is 43.6 Å². The Labute approximate surface area is 120 Å². The third-order valence-corrected chi connectivity index (χ3v) is 2.77. The van der Waals surface area contributed by atoms with Gasteiger partial charge in [0.25, 0.3) is 5.69 Å². The first-order chi connectivity index (χ1) is 10.1. The molecule has 9 heteroatoms. The molecule has 0 radical (unpaired) electrons. The van der Waals surface area contributed by atoms with Crippen molar-refractivity contribution in [3.05, 3.63) is 40.2 Å². The van der Waals surface area contributed by atoms with Crippen molar-refractivity contribution in [2.24, 2.45) is 0 Å². The van der Waals surface area contributed by atoms with Crippen molar-refractivity contribution in [2.45, 2.75) is 13.1 Å². The molecule has 0 bridgehead atoms. The summed E-state index contributed by atoms with van der Waals surface area (Å²) in [4.78, 5) is 10.3. The molecule has 1 heterocycles. The molecule has 0 spiro atoms. The summed E-state index contributed by atoms with van der Waals surface area (Å²) in [7, 11) is 1.49. The lowest BCUT2D eigenvalue weighted by Gasteiger charge is -2.09. The fourth-order valence-corrected chi connectivity index (χ4v) is 1.76. The van der Waals surface area contributed by atoms with Gasteiger partial charge in [-0.3, -0.25) is 10.1 Å². The van der Waals surface area contributed by atoms with E-state index < -0.39 is 4.92 Å². The first-order valence-corrected chi connectivity index (χ1v) is 6.20. The van der Waals surface area contributed by atoms with E-state index in [4.69, 9.17) is 9.84 Å². The summed E-state index contributed by atoms with van der Waals surface area (Å²) < 4.78 is 6.67. The molecule has 2 rings (SSSR count). The fourth-order valence-electron chi connectivity index (χ4n) is 1.76. The van der Waals surface area contributed by atoms with Gasteiger partial charge < -0.3 is 15.2 Å². The van der Waals surface area contributed by atoms with Crippen molar-refractivity contribution in [1.29, 1.82) is 0 Å². The zero-order chi connectivity index (χ0) is 15.2. The van der Waals surface area contributed by atoms with Gasteiger partial charge in [0.2, 0.25) is 0 Å². The average molecular weight is 293 g/mol. The van der Waals surface area contributed by atoms with E-state index in [0.717, 1.165) is 0 Å². The molecule has 0 unspecified atom stereocenters. The van der Waals surface area contributed by atoms with Crippen molar-refractivity contribution < 1.29 is 14.8 Å². The predicted octanol–water partition coefficient (Wildman–Crippen LogP) is 0.799. The van der Waals surface area contributed by atoms with Crippen LogP contribution in [0.5, 0.6) is 5.75 Å². The third-order valence-electron chi connectivity index (χ3n) is 2.77. The van der Waals surface area contributed by atoms with Crippen LogP contribution in [0.4, 0.5) is 11.4 Å². The minimum Gasteiger partial charge on any atom is -0.495 e. The number of hydrogen-bond donors (Lipinski definition) is 2. The lowest BCUT2D eigenvalue weighted by Crippen LogP contribution is -2.03. The number of non-ortho nitro benzene ring substituents is 1. The lowest BCUT2D eigenvalue weighted by molar-refractivity contribution is -0.384. The van der Waals surface area contributed by atoms with E-state index in [2.05, 4.69) is 15.6 Å². The van der Waals surface area contributed by atoms with E-state index in [0.29, 0.717) is 30.2 Å². The van der Waals surface area contributed by atoms with Crippen LogP contribution in [0.1, 0.15) is 5.69 Å². The SMILES string of the molecule is COc1ccc([N+](=O)[O-])cc1NCc1cn(CCO)nn1. The zero-order valence-corrected chi connectivity index (χ0v) is 11.4. The minimum atomic E-state index is -0.470. The minimum absolute atomic E-state index is 0.0189. The Morgan fingerprint density at radius 2 is 2.33 bits per heavy atom. The van der Waals surface area contributed by atoms with Crippen molar-refractivity contribution in [3.63, 3.8) is 0 Å². The first-order valence-electron chi connectivity index (χ1n) is 6.20. The summed E-state index contributed by atoms with van der Waals surface area (Å²) in [6.07, 6.45) is 1.69. The van der Waals surface area contributed by atoms with Gasteiger partial charge in [0.1, 0.15) is 11.4 Å². The van der Waals surface area contributed by atoms with Crippen molar-refractivity contribution in [1.82, 2.24) is 15.0 Å². The first kappa shape index (κ1) is 14.7. The molecule has 0 saturated carbocycles. The number of benzene rings is 1. The molecule has 2 N–H and O–H groups in total. The molecular formula is C12H15N5O4. The molecule has 21 heavy (non-hydrogen) atoms. The van der Waals surface area contributed by atoms with E-state index in [1.807, 2.05) is 0 Å². The van der Waals surface area contributed by atoms with Crippen molar-refractivity contribution in [2.75, 3.05) is 19.0 Å². The van der Waals surface area contributed by atoms with E-state index in [1.54, 1.807) is 6.20 Å². The van der Waals surface area contributed by atoms with Crippen LogP contribution in [0.25, 0.3) is 0 Å². The number of ether oxygens (including phenoxy) is 1. The molecule has 112 valence electrons. The second kappa shape index (κ2) is 6.66. The van der Waals surface area contributed by atoms with Gasteiger partial charge >= 0.3 is 0 Å². The predicted molar refractivity (Wildman–Crippen MR) is 74.1 cm³/mol. The van der Waals surface area contributed by atoms with Crippen LogP contribution in [-0.4, -0.2) is 38.7 Å². The molecule has 2 aromatic rings. The van der Waals surface area contributed by atoms with Crippen LogP contribution in [0.2, 0.25) is 0 Å². The number of rotatable bonds is 7. The highest BCUT2D eigenvalue weighted by Gasteiger charge is 2.11. The maximum Gasteiger partial charge on any atom is 0.271 e. The number of nitro benzene ring substituents is 1. The second-order valence-corrected chi connectivity index (χ2v) is 4.19. The molecule has 0 fully saturated rings. The summed E-state index contributed by atoms with van der Waals surface area (Å²) in [6.45, 7) is 0.686. The third kappa shape index (κ3) is 3.66. The topological polar surface area (TPSA) is 115 Å². The highest BCUT2D eigenvalue weighted by molar-refractivity contribution is 5.61. The molecule has 0 aliphatic rings. The maximum atomic E-state index is 10.8. The van der Waals surface area contributed by atoms with Crippen molar-refractivity contribution >= 4 is 11.4 Å². The summed E-state index contributed by atoms with van der Waals surface area (Å²) in [5.41, 5.74) is 1.13. The van der Waals surface area contributed by atoms with Crippen molar-refractivity contribution in [3.8, 4) is 5.75 Å². The fraction of sp³-hybridized carbons (Fsp3) is 0.333. The molecule has 1 aromatic carbocycles. The summed E-state index contributed by atoms with van der Waals surface area (Å²) in [6, 6.07) is 4.31.